The molecule has 0 bridgehead atoms. The molecule has 1 atom stereocenters. The lowest BCUT2D eigenvalue weighted by molar-refractivity contribution is 0.121. The molecular formula is C23H26N6O4. The van der Waals surface area contributed by atoms with Gasteiger partial charge in [-0.25, -0.2) is 9.78 Å². The molecule has 2 aliphatic rings. The van der Waals surface area contributed by atoms with Crippen LogP contribution in [0.3, 0.4) is 0 Å². The number of H-pyrrole nitrogens is 1. The molecule has 1 unspecified atom stereocenters. The van der Waals surface area contributed by atoms with Gasteiger partial charge in [-0.3, -0.25) is 14.8 Å². The first-order valence-corrected chi connectivity index (χ1v) is 10.8. The second kappa shape index (κ2) is 9.88. The lowest BCUT2D eigenvalue weighted by atomic mass is 10.1. The molecular weight excluding hydrogens is 424 g/mol. The molecule has 1 aromatic heterocycles. The Kier molecular flexibility index (Phi) is 6.76. The van der Waals surface area contributed by atoms with E-state index in [4.69, 9.17) is 5.11 Å². The summed E-state index contributed by atoms with van der Waals surface area (Å²) >= 11 is 0. The number of rotatable bonds is 9. The average molecular weight is 450 g/mol. The standard InChI is InChI=1S/C23H26N6O4/c1-14-12-18-19(13-17(14)25-9-5-15-4-2-3-8-24-15)29(10-6-16(31)7-11-30)21-20(26-18)22(32)28-23(33)27-21/h2-4,8,12-13,16,25,30-31H,5-7,9-11H2,1H3,(H,28,32,33). The van der Waals surface area contributed by atoms with Crippen LogP contribution in [0.25, 0.3) is 22.6 Å². The highest BCUT2D eigenvalue weighted by Crippen LogP contribution is 2.27. The highest BCUT2D eigenvalue weighted by Gasteiger charge is 2.20. The van der Waals surface area contributed by atoms with Gasteiger partial charge < -0.3 is 20.1 Å². The van der Waals surface area contributed by atoms with Crippen LogP contribution in [0, 0.1) is 6.92 Å². The molecule has 33 heavy (non-hydrogen) atoms. The molecule has 172 valence electrons. The van der Waals surface area contributed by atoms with Crippen LogP contribution in [0.1, 0.15) is 24.1 Å². The number of aliphatic hydroxyl groups excluding tert-OH is 2. The summed E-state index contributed by atoms with van der Waals surface area (Å²) in [6.45, 7) is 2.79. The van der Waals surface area contributed by atoms with Gasteiger partial charge in [-0.1, -0.05) is 6.07 Å². The van der Waals surface area contributed by atoms with E-state index >= 15 is 0 Å². The number of nitrogens with one attached hydrogen (secondary N) is 2. The minimum atomic E-state index is -0.751. The van der Waals surface area contributed by atoms with Crippen molar-refractivity contribution in [3.05, 3.63) is 68.6 Å². The van der Waals surface area contributed by atoms with Crippen molar-refractivity contribution in [3.8, 4) is 11.5 Å². The summed E-state index contributed by atoms with van der Waals surface area (Å²) < 4.78 is 1.73. The molecule has 2 aliphatic heterocycles. The van der Waals surface area contributed by atoms with Crippen molar-refractivity contribution >= 4 is 16.7 Å². The smallest absolute Gasteiger partial charge is 0.349 e. The molecule has 0 aliphatic carbocycles. The first-order chi connectivity index (χ1) is 16.0. The second-order valence-corrected chi connectivity index (χ2v) is 7.92. The maximum absolute atomic E-state index is 12.4. The summed E-state index contributed by atoms with van der Waals surface area (Å²) in [7, 11) is 0. The minimum absolute atomic E-state index is 0.0639. The van der Waals surface area contributed by atoms with Gasteiger partial charge in [-0.05, 0) is 49.6 Å². The number of fused-ring (bicyclic) bond motifs is 2. The van der Waals surface area contributed by atoms with Crippen LogP contribution < -0.4 is 16.6 Å². The molecule has 3 heterocycles. The number of hydrogen-bond donors (Lipinski definition) is 4. The molecule has 4 rings (SSSR count). The molecule has 10 nitrogen and oxygen atoms in total. The third kappa shape index (κ3) is 5.07. The molecule has 0 saturated heterocycles. The second-order valence-electron chi connectivity index (χ2n) is 7.92. The van der Waals surface area contributed by atoms with Gasteiger partial charge in [-0.15, -0.1) is 0 Å². The van der Waals surface area contributed by atoms with Crippen LogP contribution in [-0.4, -0.2) is 54.0 Å². The monoisotopic (exact) mass is 450 g/mol. The third-order valence-corrected chi connectivity index (χ3v) is 5.53. The number of aryl methyl sites for hydroxylation is 2. The number of anilines is 1. The Bertz CT molecular complexity index is 1330. The molecule has 10 heteroatoms. The Morgan fingerprint density at radius 2 is 2.03 bits per heavy atom. The normalized spacial score (nSPS) is 12.3. The van der Waals surface area contributed by atoms with Crippen molar-refractivity contribution in [2.75, 3.05) is 18.5 Å². The van der Waals surface area contributed by atoms with Gasteiger partial charge in [0.15, 0.2) is 11.5 Å². The summed E-state index contributed by atoms with van der Waals surface area (Å²) in [6.07, 6.45) is 2.34. The lowest BCUT2D eigenvalue weighted by Gasteiger charge is -2.20. The van der Waals surface area contributed by atoms with Crippen molar-refractivity contribution in [1.29, 1.82) is 0 Å². The van der Waals surface area contributed by atoms with Crippen LogP contribution in [0.4, 0.5) is 5.69 Å². The van der Waals surface area contributed by atoms with Crippen LogP contribution in [0.2, 0.25) is 0 Å². The van der Waals surface area contributed by atoms with E-state index in [0.29, 0.717) is 30.5 Å². The number of aliphatic hydroxyl groups is 2. The summed E-state index contributed by atoms with van der Waals surface area (Å²) in [5, 5.41) is 22.6. The number of benzene rings is 1. The molecule has 1 aromatic carbocycles. The van der Waals surface area contributed by atoms with E-state index in [-0.39, 0.29) is 24.5 Å². The van der Waals surface area contributed by atoms with Gasteiger partial charge in [0, 0.05) is 43.7 Å². The summed E-state index contributed by atoms with van der Waals surface area (Å²) in [5.74, 6) is 0.163. The van der Waals surface area contributed by atoms with Crippen LogP contribution >= 0.6 is 0 Å². The molecule has 0 spiro atoms. The maximum atomic E-state index is 12.4. The van der Waals surface area contributed by atoms with Crippen molar-refractivity contribution in [3.63, 3.8) is 0 Å². The van der Waals surface area contributed by atoms with Gasteiger partial charge in [-0.2, -0.15) is 4.98 Å². The average Bonchev–Trinajstić information content (AvgIpc) is 2.79. The van der Waals surface area contributed by atoms with E-state index in [9.17, 15) is 14.7 Å². The van der Waals surface area contributed by atoms with Crippen LogP contribution in [0.15, 0.2) is 46.1 Å². The third-order valence-electron chi connectivity index (χ3n) is 5.53. The van der Waals surface area contributed by atoms with Gasteiger partial charge in [0.2, 0.25) is 0 Å². The Balaban J connectivity index is 1.74. The number of hydrogen-bond acceptors (Lipinski definition) is 8. The fourth-order valence-corrected chi connectivity index (χ4v) is 3.81. The highest BCUT2D eigenvalue weighted by atomic mass is 16.3. The van der Waals surface area contributed by atoms with Gasteiger partial charge in [0.25, 0.3) is 5.56 Å². The number of pyridine rings is 1. The summed E-state index contributed by atoms with van der Waals surface area (Å²) in [6, 6.07) is 9.60. The fraction of sp³-hybridized carbons (Fsp3) is 0.348. The lowest BCUT2D eigenvalue weighted by Crippen LogP contribution is -2.29. The largest absolute Gasteiger partial charge is 0.396 e. The van der Waals surface area contributed by atoms with Gasteiger partial charge in [0.1, 0.15) is 0 Å². The van der Waals surface area contributed by atoms with Crippen LogP contribution in [0.5, 0.6) is 0 Å². The zero-order valence-electron chi connectivity index (χ0n) is 18.3. The predicted octanol–water partition coefficient (Wildman–Crippen LogP) is 1.08. The molecule has 2 aromatic rings. The Morgan fingerprint density at radius 1 is 1.18 bits per heavy atom. The SMILES string of the molecule is Cc1cc2nc3c(=O)[nH]c(=O)nc-3n(CCC(O)CCO)c2cc1NCCc1ccccn1. The topological polar surface area (TPSA) is 146 Å². The van der Waals surface area contributed by atoms with E-state index < -0.39 is 17.4 Å². The first kappa shape index (κ1) is 22.6. The van der Waals surface area contributed by atoms with Crippen molar-refractivity contribution in [2.24, 2.45) is 0 Å². The van der Waals surface area contributed by atoms with E-state index in [1.54, 1.807) is 10.8 Å². The quantitative estimate of drug-likeness (QED) is 0.277. The number of aromatic nitrogens is 5. The van der Waals surface area contributed by atoms with Crippen molar-refractivity contribution in [2.45, 2.75) is 38.8 Å². The fourth-order valence-electron chi connectivity index (χ4n) is 3.81. The minimum Gasteiger partial charge on any atom is -0.396 e. The van der Waals surface area contributed by atoms with Crippen LogP contribution in [-0.2, 0) is 13.0 Å². The highest BCUT2D eigenvalue weighted by molar-refractivity contribution is 5.84. The van der Waals surface area contributed by atoms with E-state index in [1.165, 1.54) is 0 Å². The molecule has 0 saturated carbocycles. The maximum Gasteiger partial charge on any atom is 0.349 e. The summed E-state index contributed by atoms with van der Waals surface area (Å²) in [4.78, 5) is 39.3. The van der Waals surface area contributed by atoms with Crippen molar-refractivity contribution in [1.82, 2.24) is 24.5 Å². The van der Waals surface area contributed by atoms with E-state index in [0.717, 1.165) is 23.4 Å². The molecule has 0 fully saturated rings. The Hall–Kier alpha value is -3.63. The van der Waals surface area contributed by atoms with Gasteiger partial charge in [0.05, 0.1) is 17.1 Å². The van der Waals surface area contributed by atoms with Crippen molar-refractivity contribution < 1.29 is 10.2 Å². The van der Waals surface area contributed by atoms with Gasteiger partial charge >= 0.3 is 5.69 Å². The summed E-state index contributed by atoms with van der Waals surface area (Å²) in [5.41, 5.74) is 2.79. The Morgan fingerprint density at radius 3 is 2.79 bits per heavy atom. The molecule has 0 amide bonds. The number of aromatic amines is 1. The Labute approximate surface area is 189 Å². The van der Waals surface area contributed by atoms with E-state index in [2.05, 4.69) is 25.3 Å². The number of nitrogens with zero attached hydrogens (tertiary/aromatic N) is 4. The zero-order chi connectivity index (χ0) is 23.4. The zero-order valence-corrected chi connectivity index (χ0v) is 18.3. The first-order valence-electron chi connectivity index (χ1n) is 10.8. The van der Waals surface area contributed by atoms with E-state index in [1.807, 2.05) is 37.3 Å². The molecule has 4 N–H and O–H groups in total. The molecule has 0 radical (unpaired) electrons. The predicted molar refractivity (Wildman–Crippen MR) is 125 cm³/mol.